The third-order valence-corrected chi connectivity index (χ3v) is 4.91. The average Bonchev–Trinajstić information content (AvgIpc) is 2.95. The Hall–Kier alpha value is -2.30. The Morgan fingerprint density at radius 3 is 2.38 bits per heavy atom. The number of carbonyl (C=O) groups excluding carboxylic acids is 1. The lowest BCUT2D eigenvalue weighted by Gasteiger charge is -2.37. The van der Waals surface area contributed by atoms with Crippen molar-refractivity contribution >= 4 is 11.6 Å². The number of amides is 1. The standard InChI is InChI=1S/C19H26N4O/c1-4-17(16-8-6-5-7-9-16)19(24)23-12-10-22(11-13-23)18-14(2)20-21-15(18)3/h5-9,17H,4,10-13H2,1-3H3,(H,20,21). The first kappa shape index (κ1) is 16.6. The predicted octanol–water partition coefficient (Wildman–Crippen LogP) is 2.87. The fourth-order valence-electron chi connectivity index (χ4n) is 3.62. The van der Waals surface area contributed by atoms with Crippen molar-refractivity contribution in [3.05, 3.63) is 47.3 Å². The molecule has 128 valence electrons. The number of piperazine rings is 1. The van der Waals surface area contributed by atoms with Gasteiger partial charge in [0.15, 0.2) is 0 Å². The van der Waals surface area contributed by atoms with Crippen molar-refractivity contribution in [3.8, 4) is 0 Å². The zero-order valence-electron chi connectivity index (χ0n) is 14.7. The van der Waals surface area contributed by atoms with E-state index in [0.717, 1.165) is 49.6 Å². The maximum Gasteiger partial charge on any atom is 0.230 e. The van der Waals surface area contributed by atoms with E-state index in [0.29, 0.717) is 0 Å². The van der Waals surface area contributed by atoms with Crippen LogP contribution in [0.3, 0.4) is 0 Å². The summed E-state index contributed by atoms with van der Waals surface area (Å²) in [6.07, 6.45) is 0.836. The van der Waals surface area contributed by atoms with E-state index in [-0.39, 0.29) is 11.8 Å². The summed E-state index contributed by atoms with van der Waals surface area (Å²) in [4.78, 5) is 17.3. The fraction of sp³-hybridized carbons (Fsp3) is 0.474. The molecule has 2 aromatic rings. The molecule has 2 heterocycles. The molecule has 1 aliphatic rings. The minimum atomic E-state index is -0.0323. The third-order valence-electron chi connectivity index (χ3n) is 4.91. The van der Waals surface area contributed by atoms with Gasteiger partial charge < -0.3 is 9.80 Å². The van der Waals surface area contributed by atoms with Crippen LogP contribution in [-0.2, 0) is 4.79 Å². The molecule has 1 aromatic heterocycles. The molecule has 0 radical (unpaired) electrons. The molecule has 1 saturated heterocycles. The number of H-pyrrole nitrogens is 1. The number of hydrogen-bond acceptors (Lipinski definition) is 3. The molecule has 0 aliphatic carbocycles. The normalized spacial score (nSPS) is 16.3. The van der Waals surface area contributed by atoms with Gasteiger partial charge in [-0.25, -0.2) is 0 Å². The Morgan fingerprint density at radius 1 is 1.17 bits per heavy atom. The highest BCUT2D eigenvalue weighted by Gasteiger charge is 2.28. The molecule has 24 heavy (non-hydrogen) atoms. The molecule has 5 heteroatoms. The Labute approximate surface area is 143 Å². The van der Waals surface area contributed by atoms with E-state index in [1.807, 2.05) is 30.0 Å². The smallest absolute Gasteiger partial charge is 0.230 e. The summed E-state index contributed by atoms with van der Waals surface area (Å²) in [6, 6.07) is 10.1. The molecule has 3 rings (SSSR count). The second kappa shape index (κ2) is 7.07. The first-order valence-corrected chi connectivity index (χ1v) is 8.72. The number of aromatic amines is 1. The molecule has 1 N–H and O–H groups in total. The Bertz CT molecular complexity index is 667. The van der Waals surface area contributed by atoms with Crippen molar-refractivity contribution < 1.29 is 4.79 Å². The van der Waals surface area contributed by atoms with Crippen LogP contribution in [0.4, 0.5) is 5.69 Å². The van der Waals surface area contributed by atoms with Crippen molar-refractivity contribution in [2.45, 2.75) is 33.1 Å². The van der Waals surface area contributed by atoms with Gasteiger partial charge in [0.2, 0.25) is 5.91 Å². The second-order valence-electron chi connectivity index (χ2n) is 6.47. The lowest BCUT2D eigenvalue weighted by Crippen LogP contribution is -2.50. The molecule has 0 bridgehead atoms. The van der Waals surface area contributed by atoms with E-state index in [9.17, 15) is 4.79 Å². The zero-order chi connectivity index (χ0) is 17.1. The van der Waals surface area contributed by atoms with Crippen LogP contribution < -0.4 is 4.90 Å². The van der Waals surface area contributed by atoms with Crippen LogP contribution in [0.5, 0.6) is 0 Å². The molecular weight excluding hydrogens is 300 g/mol. The maximum atomic E-state index is 12.9. The van der Waals surface area contributed by atoms with Crippen LogP contribution in [0.1, 0.15) is 36.2 Å². The summed E-state index contributed by atoms with van der Waals surface area (Å²) in [7, 11) is 0. The summed E-state index contributed by atoms with van der Waals surface area (Å²) in [6.45, 7) is 9.42. The highest BCUT2D eigenvalue weighted by Crippen LogP contribution is 2.26. The van der Waals surface area contributed by atoms with E-state index in [1.165, 1.54) is 5.69 Å². The molecule has 1 aromatic carbocycles. The van der Waals surface area contributed by atoms with Gasteiger partial charge in [-0.2, -0.15) is 5.10 Å². The second-order valence-corrected chi connectivity index (χ2v) is 6.47. The predicted molar refractivity (Wildman–Crippen MR) is 96.3 cm³/mol. The summed E-state index contributed by atoms with van der Waals surface area (Å²) in [5.74, 6) is 0.221. The quantitative estimate of drug-likeness (QED) is 0.940. The van der Waals surface area contributed by atoms with Crippen molar-refractivity contribution in [2.24, 2.45) is 0 Å². The highest BCUT2D eigenvalue weighted by atomic mass is 16.2. The topological polar surface area (TPSA) is 52.2 Å². The van der Waals surface area contributed by atoms with Gasteiger partial charge in [0.1, 0.15) is 0 Å². The van der Waals surface area contributed by atoms with Crippen molar-refractivity contribution in [2.75, 3.05) is 31.1 Å². The van der Waals surface area contributed by atoms with Crippen LogP contribution in [0, 0.1) is 13.8 Å². The van der Waals surface area contributed by atoms with E-state index in [2.05, 4.69) is 41.1 Å². The largest absolute Gasteiger partial charge is 0.365 e. The molecule has 1 atom stereocenters. The summed E-state index contributed by atoms with van der Waals surface area (Å²) >= 11 is 0. The van der Waals surface area contributed by atoms with Crippen LogP contribution in [0.15, 0.2) is 30.3 Å². The minimum Gasteiger partial charge on any atom is -0.365 e. The number of aryl methyl sites for hydroxylation is 2. The minimum absolute atomic E-state index is 0.0323. The number of benzene rings is 1. The highest BCUT2D eigenvalue weighted by molar-refractivity contribution is 5.84. The molecule has 0 saturated carbocycles. The maximum absolute atomic E-state index is 12.9. The van der Waals surface area contributed by atoms with Crippen LogP contribution in [0.2, 0.25) is 0 Å². The Morgan fingerprint density at radius 2 is 1.83 bits per heavy atom. The van der Waals surface area contributed by atoms with Crippen LogP contribution >= 0.6 is 0 Å². The molecule has 0 spiro atoms. The van der Waals surface area contributed by atoms with E-state index in [1.54, 1.807) is 0 Å². The number of rotatable bonds is 4. The lowest BCUT2D eigenvalue weighted by atomic mass is 9.95. The number of nitrogens with zero attached hydrogens (tertiary/aromatic N) is 3. The zero-order valence-corrected chi connectivity index (χ0v) is 14.7. The molecule has 1 aliphatic heterocycles. The van der Waals surface area contributed by atoms with Crippen LogP contribution in [0.25, 0.3) is 0 Å². The number of anilines is 1. The van der Waals surface area contributed by atoms with Gasteiger partial charge in [0.25, 0.3) is 0 Å². The molecule has 1 amide bonds. The van der Waals surface area contributed by atoms with E-state index in [4.69, 9.17) is 0 Å². The molecule has 1 unspecified atom stereocenters. The number of carbonyl (C=O) groups is 1. The fourth-order valence-corrected chi connectivity index (χ4v) is 3.62. The molecule has 1 fully saturated rings. The third kappa shape index (κ3) is 3.16. The lowest BCUT2D eigenvalue weighted by molar-refractivity contribution is -0.133. The molecule has 5 nitrogen and oxygen atoms in total. The van der Waals surface area contributed by atoms with Crippen molar-refractivity contribution in [3.63, 3.8) is 0 Å². The monoisotopic (exact) mass is 326 g/mol. The number of hydrogen-bond donors (Lipinski definition) is 1. The van der Waals surface area contributed by atoms with E-state index < -0.39 is 0 Å². The SMILES string of the molecule is CCC(C(=O)N1CCN(c2c(C)n[nH]c2C)CC1)c1ccccc1. The van der Waals surface area contributed by atoms with Gasteiger partial charge in [0, 0.05) is 26.2 Å². The molecular formula is C19H26N4O. The Balaban J connectivity index is 1.67. The number of aromatic nitrogens is 2. The van der Waals surface area contributed by atoms with E-state index >= 15 is 0 Å². The van der Waals surface area contributed by atoms with Gasteiger partial charge in [-0.05, 0) is 25.8 Å². The number of nitrogens with one attached hydrogen (secondary N) is 1. The van der Waals surface area contributed by atoms with Crippen LogP contribution in [-0.4, -0.2) is 47.2 Å². The van der Waals surface area contributed by atoms with Gasteiger partial charge >= 0.3 is 0 Å². The average molecular weight is 326 g/mol. The Kier molecular flexibility index (Phi) is 4.88. The first-order valence-electron chi connectivity index (χ1n) is 8.72. The van der Waals surface area contributed by atoms with Gasteiger partial charge in [-0.15, -0.1) is 0 Å². The first-order chi connectivity index (χ1) is 11.6. The summed E-state index contributed by atoms with van der Waals surface area (Å²) in [5.41, 5.74) is 4.44. The summed E-state index contributed by atoms with van der Waals surface area (Å²) < 4.78 is 0. The summed E-state index contributed by atoms with van der Waals surface area (Å²) in [5, 5.41) is 7.32. The van der Waals surface area contributed by atoms with Gasteiger partial charge in [-0.3, -0.25) is 9.89 Å². The van der Waals surface area contributed by atoms with Crippen molar-refractivity contribution in [1.29, 1.82) is 0 Å². The van der Waals surface area contributed by atoms with Gasteiger partial charge in [0.05, 0.1) is 23.0 Å². The van der Waals surface area contributed by atoms with Gasteiger partial charge in [-0.1, -0.05) is 37.3 Å². The van der Waals surface area contributed by atoms with Crippen molar-refractivity contribution in [1.82, 2.24) is 15.1 Å².